The molecule has 108 valence electrons. The van der Waals surface area contributed by atoms with Gasteiger partial charge in [0.05, 0.1) is 17.6 Å². The Morgan fingerprint density at radius 1 is 1.29 bits per heavy atom. The van der Waals surface area contributed by atoms with E-state index in [9.17, 15) is 14.9 Å². The Morgan fingerprint density at radius 3 is 2.62 bits per heavy atom. The monoisotopic (exact) mass is 398 g/mol. The first-order valence-electron chi connectivity index (χ1n) is 5.91. The normalized spacial score (nSPS) is 10.0. The number of nitrogens with one attached hydrogen (secondary N) is 1. The van der Waals surface area contributed by atoms with Crippen LogP contribution in [0.4, 0.5) is 11.4 Å². The molecule has 2 rings (SSSR count). The number of nitro groups is 1. The van der Waals surface area contributed by atoms with Crippen LogP contribution in [0.25, 0.3) is 0 Å². The highest BCUT2D eigenvalue weighted by Crippen LogP contribution is 2.31. The second-order valence-electron chi connectivity index (χ2n) is 4.08. The molecule has 1 N–H and O–H groups in total. The average Bonchev–Trinajstić information content (AvgIpc) is 2.46. The first-order valence-corrected chi connectivity index (χ1v) is 6.99. The first-order chi connectivity index (χ1) is 10.0. The maximum atomic E-state index is 12.3. The molecule has 0 aliphatic carbocycles. The van der Waals surface area contributed by atoms with Gasteiger partial charge < -0.3 is 10.1 Å². The fourth-order valence-corrected chi connectivity index (χ4v) is 2.37. The van der Waals surface area contributed by atoms with Crippen molar-refractivity contribution in [2.24, 2.45) is 0 Å². The van der Waals surface area contributed by atoms with E-state index in [4.69, 9.17) is 4.74 Å². The van der Waals surface area contributed by atoms with Crippen LogP contribution in [0.3, 0.4) is 0 Å². The number of nitro benzene ring substituents is 1. The van der Waals surface area contributed by atoms with Gasteiger partial charge in [0.1, 0.15) is 0 Å². The van der Waals surface area contributed by atoms with Crippen LogP contribution < -0.4 is 10.1 Å². The van der Waals surface area contributed by atoms with Crippen molar-refractivity contribution in [2.45, 2.75) is 0 Å². The highest BCUT2D eigenvalue weighted by atomic mass is 127. The molecule has 0 heterocycles. The van der Waals surface area contributed by atoms with E-state index < -0.39 is 10.8 Å². The summed E-state index contributed by atoms with van der Waals surface area (Å²) in [5.74, 6) is -0.511. The molecular formula is C14H11IN2O4. The minimum absolute atomic E-state index is 0.0503. The Morgan fingerprint density at radius 2 is 2.00 bits per heavy atom. The van der Waals surface area contributed by atoms with Crippen LogP contribution in [0.15, 0.2) is 42.5 Å². The zero-order valence-corrected chi connectivity index (χ0v) is 13.2. The van der Waals surface area contributed by atoms with E-state index in [2.05, 4.69) is 27.9 Å². The number of benzene rings is 2. The summed E-state index contributed by atoms with van der Waals surface area (Å²) in [4.78, 5) is 22.6. The zero-order valence-electron chi connectivity index (χ0n) is 11.0. The van der Waals surface area contributed by atoms with Gasteiger partial charge in [0.25, 0.3) is 5.91 Å². The summed E-state index contributed by atoms with van der Waals surface area (Å²) in [5.41, 5.74) is 0.485. The molecule has 0 bridgehead atoms. The Balaban J connectivity index is 2.35. The maximum Gasteiger partial charge on any atom is 0.311 e. The Labute approximate surface area is 134 Å². The molecule has 0 saturated heterocycles. The SMILES string of the molecule is COc1c(C(=O)Nc2cccc(I)c2)cccc1[N+](=O)[O-]. The van der Waals surface area contributed by atoms with E-state index in [1.54, 1.807) is 12.1 Å². The van der Waals surface area contributed by atoms with Crippen LogP contribution in [0.5, 0.6) is 5.75 Å². The maximum absolute atomic E-state index is 12.3. The van der Waals surface area contributed by atoms with Gasteiger partial charge in [0.2, 0.25) is 5.75 Å². The van der Waals surface area contributed by atoms with E-state index in [0.29, 0.717) is 5.69 Å². The third-order valence-electron chi connectivity index (χ3n) is 2.72. The van der Waals surface area contributed by atoms with Crippen molar-refractivity contribution in [1.82, 2.24) is 0 Å². The predicted molar refractivity (Wildman–Crippen MR) is 86.8 cm³/mol. The van der Waals surface area contributed by atoms with Crippen molar-refractivity contribution in [3.05, 3.63) is 61.7 Å². The van der Waals surface area contributed by atoms with Crippen LogP contribution in [-0.4, -0.2) is 17.9 Å². The molecule has 0 spiro atoms. The van der Waals surface area contributed by atoms with Gasteiger partial charge in [0, 0.05) is 15.3 Å². The molecule has 0 aliphatic heterocycles. The number of nitrogens with zero attached hydrogens (tertiary/aromatic N) is 1. The van der Waals surface area contributed by atoms with Gasteiger partial charge in [-0.1, -0.05) is 12.1 Å². The van der Waals surface area contributed by atoms with Gasteiger partial charge in [0.15, 0.2) is 0 Å². The largest absolute Gasteiger partial charge is 0.490 e. The van der Waals surface area contributed by atoms with Crippen molar-refractivity contribution < 1.29 is 14.5 Å². The zero-order chi connectivity index (χ0) is 15.4. The van der Waals surface area contributed by atoms with Crippen LogP contribution in [0, 0.1) is 13.7 Å². The van der Waals surface area contributed by atoms with Gasteiger partial charge in [-0.15, -0.1) is 0 Å². The number of carbonyl (C=O) groups is 1. The van der Waals surface area contributed by atoms with E-state index in [-0.39, 0.29) is 17.0 Å². The van der Waals surface area contributed by atoms with Crippen LogP contribution in [0.1, 0.15) is 10.4 Å². The van der Waals surface area contributed by atoms with Crippen molar-refractivity contribution in [1.29, 1.82) is 0 Å². The lowest BCUT2D eigenvalue weighted by Gasteiger charge is -2.09. The molecule has 0 aromatic heterocycles. The molecule has 0 aliphatic rings. The number of ether oxygens (including phenoxy) is 1. The van der Waals surface area contributed by atoms with E-state index in [1.165, 1.54) is 25.3 Å². The smallest absolute Gasteiger partial charge is 0.311 e. The average molecular weight is 398 g/mol. The quantitative estimate of drug-likeness (QED) is 0.486. The van der Waals surface area contributed by atoms with Gasteiger partial charge >= 0.3 is 5.69 Å². The number of para-hydroxylation sites is 1. The Hall–Kier alpha value is -2.16. The van der Waals surface area contributed by atoms with Gasteiger partial charge in [-0.05, 0) is 46.9 Å². The molecule has 21 heavy (non-hydrogen) atoms. The highest BCUT2D eigenvalue weighted by Gasteiger charge is 2.22. The minimum atomic E-state index is -0.582. The van der Waals surface area contributed by atoms with E-state index in [1.807, 2.05) is 12.1 Å². The number of amides is 1. The molecule has 2 aromatic carbocycles. The number of anilines is 1. The Kier molecular flexibility index (Phi) is 4.73. The second kappa shape index (κ2) is 6.53. The third kappa shape index (κ3) is 3.48. The van der Waals surface area contributed by atoms with Crippen molar-refractivity contribution in [2.75, 3.05) is 12.4 Å². The highest BCUT2D eigenvalue weighted by molar-refractivity contribution is 14.1. The lowest BCUT2D eigenvalue weighted by atomic mass is 10.1. The molecule has 7 heteroatoms. The molecule has 0 atom stereocenters. The number of halogens is 1. The molecule has 2 aromatic rings. The summed E-state index contributed by atoms with van der Waals surface area (Å²) in [6.07, 6.45) is 0. The number of rotatable bonds is 4. The fourth-order valence-electron chi connectivity index (χ4n) is 1.83. The summed E-state index contributed by atoms with van der Waals surface area (Å²) >= 11 is 2.13. The first kappa shape index (κ1) is 15.2. The molecule has 0 unspecified atom stereocenters. The fraction of sp³-hybridized carbons (Fsp3) is 0.0714. The summed E-state index contributed by atoms with van der Waals surface area (Å²) < 4.78 is 5.99. The predicted octanol–water partition coefficient (Wildman–Crippen LogP) is 3.46. The molecule has 6 nitrogen and oxygen atoms in total. The summed E-state index contributed by atoms with van der Waals surface area (Å²) in [6, 6.07) is 11.5. The summed E-state index contributed by atoms with van der Waals surface area (Å²) in [5, 5.41) is 13.6. The van der Waals surface area contributed by atoms with Crippen molar-refractivity contribution >= 4 is 39.9 Å². The molecule has 1 amide bonds. The molecule has 0 saturated carbocycles. The van der Waals surface area contributed by atoms with Crippen LogP contribution in [-0.2, 0) is 0 Å². The number of carbonyl (C=O) groups excluding carboxylic acids is 1. The lowest BCUT2D eigenvalue weighted by Crippen LogP contribution is -2.14. The van der Waals surface area contributed by atoms with E-state index in [0.717, 1.165) is 3.57 Å². The minimum Gasteiger partial charge on any atom is -0.490 e. The number of hydrogen-bond acceptors (Lipinski definition) is 4. The summed E-state index contributed by atoms with van der Waals surface area (Å²) in [6.45, 7) is 0. The van der Waals surface area contributed by atoms with Gasteiger partial charge in [-0.25, -0.2) is 0 Å². The second-order valence-corrected chi connectivity index (χ2v) is 5.33. The van der Waals surface area contributed by atoms with E-state index >= 15 is 0 Å². The molecule has 0 fully saturated rings. The van der Waals surface area contributed by atoms with Crippen molar-refractivity contribution in [3.8, 4) is 5.75 Å². The lowest BCUT2D eigenvalue weighted by molar-refractivity contribution is -0.385. The standard InChI is InChI=1S/C14H11IN2O4/c1-21-13-11(6-3-7-12(13)17(19)20)14(18)16-10-5-2-4-9(15)8-10/h2-8H,1H3,(H,16,18). The van der Waals surface area contributed by atoms with Crippen LogP contribution >= 0.6 is 22.6 Å². The van der Waals surface area contributed by atoms with Crippen molar-refractivity contribution in [3.63, 3.8) is 0 Å². The summed E-state index contributed by atoms with van der Waals surface area (Å²) in [7, 11) is 1.30. The molecule has 0 radical (unpaired) electrons. The number of hydrogen-bond donors (Lipinski definition) is 1. The number of methoxy groups -OCH3 is 1. The Bertz CT molecular complexity index is 703. The third-order valence-corrected chi connectivity index (χ3v) is 3.39. The molecular weight excluding hydrogens is 387 g/mol. The van der Waals surface area contributed by atoms with Gasteiger partial charge in [-0.2, -0.15) is 0 Å². The van der Waals surface area contributed by atoms with Crippen LogP contribution in [0.2, 0.25) is 0 Å². The topological polar surface area (TPSA) is 81.5 Å². The van der Waals surface area contributed by atoms with Gasteiger partial charge in [-0.3, -0.25) is 14.9 Å².